The second-order valence-corrected chi connectivity index (χ2v) is 7.76. The molecule has 1 fully saturated rings. The second kappa shape index (κ2) is 13.8. The molecule has 6 nitrogen and oxygen atoms in total. The summed E-state index contributed by atoms with van der Waals surface area (Å²) in [5, 5.41) is 6.86. The third-order valence-corrected chi connectivity index (χ3v) is 5.41. The Labute approximate surface area is 186 Å². The zero-order valence-corrected chi connectivity index (χ0v) is 18.7. The molecule has 0 atom stereocenters. The van der Waals surface area contributed by atoms with Crippen LogP contribution in [0.1, 0.15) is 29.5 Å². The number of unbranched alkanes of at least 4 members (excludes halogenated alkanes) is 1. The van der Waals surface area contributed by atoms with Gasteiger partial charge in [0.15, 0.2) is 5.96 Å². The largest absolute Gasteiger partial charge is 0.379 e. The molecule has 6 heteroatoms. The summed E-state index contributed by atoms with van der Waals surface area (Å²) in [6.07, 6.45) is 2.07. The van der Waals surface area contributed by atoms with Crippen molar-refractivity contribution in [2.24, 2.45) is 4.99 Å². The van der Waals surface area contributed by atoms with E-state index >= 15 is 0 Å². The summed E-state index contributed by atoms with van der Waals surface area (Å²) >= 11 is 0. The Hall–Kier alpha value is -2.41. The summed E-state index contributed by atoms with van der Waals surface area (Å²) in [4.78, 5) is 6.81. The monoisotopic (exact) mass is 424 g/mol. The average molecular weight is 425 g/mol. The molecule has 3 rings (SSSR count). The van der Waals surface area contributed by atoms with Gasteiger partial charge in [-0.3, -0.25) is 9.89 Å². The normalized spacial score (nSPS) is 15.1. The van der Waals surface area contributed by atoms with Gasteiger partial charge in [-0.2, -0.15) is 0 Å². The van der Waals surface area contributed by atoms with E-state index in [1.54, 1.807) is 0 Å². The number of nitrogens with zero attached hydrogens (tertiary/aromatic N) is 2. The number of aliphatic imine (C=N–C) groups is 1. The highest BCUT2D eigenvalue weighted by atomic mass is 16.5. The van der Waals surface area contributed by atoms with Crippen LogP contribution in [0.4, 0.5) is 0 Å². The SMILES string of the molecule is CN=C(NCCCCOCc1ccccc1)NCc1ccccc1CN1CCOCC1. The average Bonchev–Trinajstić information content (AvgIpc) is 2.82. The van der Waals surface area contributed by atoms with Crippen molar-refractivity contribution in [2.45, 2.75) is 32.5 Å². The summed E-state index contributed by atoms with van der Waals surface area (Å²) in [7, 11) is 1.82. The molecule has 0 amide bonds. The number of hydrogen-bond donors (Lipinski definition) is 2. The standard InChI is InChI=1S/C25H36N4O2/c1-26-25(27-13-7-8-16-31-21-22-9-3-2-4-10-22)28-19-23-11-5-6-12-24(23)20-29-14-17-30-18-15-29/h2-6,9-12H,7-8,13-21H2,1H3,(H2,26,27,28). The molecule has 0 spiro atoms. The van der Waals surface area contributed by atoms with Gasteiger partial charge in [-0.1, -0.05) is 54.6 Å². The molecule has 0 saturated carbocycles. The Morgan fingerprint density at radius 2 is 1.71 bits per heavy atom. The fraction of sp³-hybridized carbons (Fsp3) is 0.480. The van der Waals surface area contributed by atoms with Crippen molar-refractivity contribution in [2.75, 3.05) is 46.5 Å². The molecule has 168 valence electrons. The number of hydrogen-bond acceptors (Lipinski definition) is 4. The Morgan fingerprint density at radius 1 is 0.968 bits per heavy atom. The van der Waals surface area contributed by atoms with Crippen LogP contribution in [0.2, 0.25) is 0 Å². The molecule has 1 aliphatic rings. The fourth-order valence-corrected chi connectivity index (χ4v) is 3.58. The highest BCUT2D eigenvalue weighted by molar-refractivity contribution is 5.79. The maximum absolute atomic E-state index is 5.75. The molecule has 1 saturated heterocycles. The summed E-state index contributed by atoms with van der Waals surface area (Å²) in [5.41, 5.74) is 3.90. The van der Waals surface area contributed by atoms with Crippen LogP contribution < -0.4 is 10.6 Å². The Bertz CT molecular complexity index is 776. The topological polar surface area (TPSA) is 58.1 Å². The van der Waals surface area contributed by atoms with Crippen LogP contribution in [-0.2, 0) is 29.2 Å². The second-order valence-electron chi connectivity index (χ2n) is 7.76. The molecule has 1 heterocycles. The lowest BCUT2D eigenvalue weighted by Crippen LogP contribution is -2.38. The van der Waals surface area contributed by atoms with Crippen LogP contribution in [0.5, 0.6) is 0 Å². The van der Waals surface area contributed by atoms with Gasteiger partial charge in [0.1, 0.15) is 0 Å². The third kappa shape index (κ3) is 8.69. The van der Waals surface area contributed by atoms with Crippen molar-refractivity contribution in [1.82, 2.24) is 15.5 Å². The van der Waals surface area contributed by atoms with Crippen molar-refractivity contribution in [3.8, 4) is 0 Å². The quantitative estimate of drug-likeness (QED) is 0.330. The highest BCUT2D eigenvalue weighted by Gasteiger charge is 2.12. The number of nitrogens with one attached hydrogen (secondary N) is 2. The summed E-state index contributed by atoms with van der Waals surface area (Å²) < 4.78 is 11.2. The van der Waals surface area contributed by atoms with Crippen molar-refractivity contribution in [3.63, 3.8) is 0 Å². The van der Waals surface area contributed by atoms with Gasteiger partial charge in [-0.15, -0.1) is 0 Å². The molecule has 0 radical (unpaired) electrons. The van der Waals surface area contributed by atoms with Gasteiger partial charge in [0.25, 0.3) is 0 Å². The first-order valence-corrected chi connectivity index (χ1v) is 11.3. The minimum Gasteiger partial charge on any atom is -0.379 e. The molecule has 1 aliphatic heterocycles. The minimum atomic E-state index is 0.682. The van der Waals surface area contributed by atoms with Gasteiger partial charge >= 0.3 is 0 Å². The van der Waals surface area contributed by atoms with E-state index in [4.69, 9.17) is 9.47 Å². The lowest BCUT2D eigenvalue weighted by Gasteiger charge is -2.27. The van der Waals surface area contributed by atoms with Gasteiger partial charge in [0.2, 0.25) is 0 Å². The molecule has 0 aliphatic carbocycles. The molecule has 31 heavy (non-hydrogen) atoms. The first-order valence-electron chi connectivity index (χ1n) is 11.3. The molecule has 0 aromatic heterocycles. The smallest absolute Gasteiger partial charge is 0.191 e. The Kier molecular flexibility index (Phi) is 10.4. The molecule has 0 unspecified atom stereocenters. The van der Waals surface area contributed by atoms with E-state index in [1.165, 1.54) is 16.7 Å². The number of guanidine groups is 1. The van der Waals surface area contributed by atoms with Crippen molar-refractivity contribution in [3.05, 3.63) is 71.3 Å². The zero-order chi connectivity index (χ0) is 21.6. The van der Waals surface area contributed by atoms with Crippen LogP contribution in [0, 0.1) is 0 Å². The van der Waals surface area contributed by atoms with Gasteiger partial charge < -0.3 is 20.1 Å². The maximum Gasteiger partial charge on any atom is 0.191 e. The summed E-state index contributed by atoms with van der Waals surface area (Å²) in [5.74, 6) is 0.839. The van der Waals surface area contributed by atoms with Gasteiger partial charge in [-0.05, 0) is 29.5 Å². The van der Waals surface area contributed by atoms with Crippen LogP contribution in [0.3, 0.4) is 0 Å². The van der Waals surface area contributed by atoms with Gasteiger partial charge in [0, 0.05) is 46.4 Å². The van der Waals surface area contributed by atoms with E-state index in [-0.39, 0.29) is 0 Å². The van der Waals surface area contributed by atoms with Gasteiger partial charge in [0.05, 0.1) is 19.8 Å². The maximum atomic E-state index is 5.75. The molecule has 0 bridgehead atoms. The van der Waals surface area contributed by atoms with Crippen molar-refractivity contribution >= 4 is 5.96 Å². The zero-order valence-electron chi connectivity index (χ0n) is 18.7. The minimum absolute atomic E-state index is 0.682. The molecule has 2 aromatic rings. The summed E-state index contributed by atoms with van der Waals surface area (Å²) in [6, 6.07) is 18.9. The number of ether oxygens (including phenoxy) is 2. The Morgan fingerprint density at radius 3 is 2.48 bits per heavy atom. The van der Waals surface area contributed by atoms with Crippen LogP contribution in [-0.4, -0.2) is 57.4 Å². The van der Waals surface area contributed by atoms with E-state index in [0.29, 0.717) is 6.61 Å². The van der Waals surface area contributed by atoms with Crippen LogP contribution >= 0.6 is 0 Å². The first kappa shape index (κ1) is 23.3. The van der Waals surface area contributed by atoms with E-state index in [1.807, 2.05) is 25.2 Å². The highest BCUT2D eigenvalue weighted by Crippen LogP contribution is 2.13. The molecular weight excluding hydrogens is 388 g/mol. The predicted octanol–water partition coefficient (Wildman–Crippen LogP) is 3.18. The summed E-state index contributed by atoms with van der Waals surface area (Å²) in [6.45, 7) is 7.72. The van der Waals surface area contributed by atoms with Gasteiger partial charge in [-0.25, -0.2) is 0 Å². The fourth-order valence-electron chi connectivity index (χ4n) is 3.58. The number of morpholine rings is 1. The predicted molar refractivity (Wildman–Crippen MR) is 126 cm³/mol. The number of rotatable bonds is 11. The first-order chi connectivity index (χ1) is 15.3. The van der Waals surface area contributed by atoms with E-state index in [2.05, 4.69) is 56.9 Å². The Balaban J connectivity index is 1.32. The molecular formula is C25H36N4O2. The van der Waals surface area contributed by atoms with E-state index in [0.717, 1.165) is 71.3 Å². The molecule has 2 N–H and O–H groups in total. The third-order valence-electron chi connectivity index (χ3n) is 5.41. The van der Waals surface area contributed by atoms with E-state index in [9.17, 15) is 0 Å². The van der Waals surface area contributed by atoms with E-state index < -0.39 is 0 Å². The lowest BCUT2D eigenvalue weighted by molar-refractivity contribution is 0.0341. The van der Waals surface area contributed by atoms with Crippen LogP contribution in [0.25, 0.3) is 0 Å². The van der Waals surface area contributed by atoms with Crippen molar-refractivity contribution < 1.29 is 9.47 Å². The molecule has 2 aromatic carbocycles. The lowest BCUT2D eigenvalue weighted by atomic mass is 10.1. The van der Waals surface area contributed by atoms with Crippen LogP contribution in [0.15, 0.2) is 59.6 Å². The number of benzene rings is 2. The van der Waals surface area contributed by atoms with Crippen molar-refractivity contribution in [1.29, 1.82) is 0 Å².